The van der Waals surface area contributed by atoms with Gasteiger partial charge in [0.15, 0.2) is 0 Å². The van der Waals surface area contributed by atoms with Gasteiger partial charge < -0.3 is 18.9 Å². The van der Waals surface area contributed by atoms with Crippen LogP contribution in [0.3, 0.4) is 0 Å². The zero-order chi connectivity index (χ0) is 36.4. The molecule has 6 heteroatoms. The van der Waals surface area contributed by atoms with Crippen molar-refractivity contribution in [3.8, 4) is 45.5 Å². The number of ether oxygens (including phenoxy) is 4. The van der Waals surface area contributed by atoms with Crippen molar-refractivity contribution in [1.29, 1.82) is 0 Å². The molecule has 2 aromatic heterocycles. The molecule has 0 aliphatic heterocycles. The van der Waals surface area contributed by atoms with E-state index in [-0.39, 0.29) is 0 Å². The monoisotopic (exact) mass is 696 g/mol. The van der Waals surface area contributed by atoms with E-state index in [0.717, 1.165) is 132 Å². The minimum absolute atomic E-state index is 0.564. The lowest BCUT2D eigenvalue weighted by Crippen LogP contribution is -2.04. The molecule has 0 saturated carbocycles. The number of pyridine rings is 2. The molecule has 0 aliphatic carbocycles. The Morgan fingerprint density at radius 1 is 0.404 bits per heavy atom. The summed E-state index contributed by atoms with van der Waals surface area (Å²) in [5.41, 5.74) is 4.80. The third kappa shape index (κ3) is 10.1. The number of hydrogen-bond donors (Lipinski definition) is 0. The molecule has 6 nitrogen and oxygen atoms in total. The molecule has 0 bridgehead atoms. The van der Waals surface area contributed by atoms with E-state index in [4.69, 9.17) is 28.9 Å². The van der Waals surface area contributed by atoms with E-state index in [1.807, 2.05) is 72.8 Å². The standard InChI is InChI=1S/C46H52N2O4/c1-5-9-13-17-33-51-41-23-20-24-42(52-34-18-14-10-6-2)44(41)38-30-28-36-26-25-35-27-29-37(47-45(35)46(36)48-38)43-39(49-31-15-11-7-3)21-19-22-40(43)50-32-16-12-8-4/h5-8,19-30H,1-4,9-18,31-34H2. The van der Waals surface area contributed by atoms with Crippen LogP contribution in [0.15, 0.2) is 123 Å². The summed E-state index contributed by atoms with van der Waals surface area (Å²) < 4.78 is 25.5. The van der Waals surface area contributed by atoms with Crippen LogP contribution < -0.4 is 18.9 Å². The molecule has 52 heavy (non-hydrogen) atoms. The topological polar surface area (TPSA) is 62.7 Å². The summed E-state index contributed by atoms with van der Waals surface area (Å²) in [4.78, 5) is 10.6. The second-order valence-corrected chi connectivity index (χ2v) is 12.7. The molecule has 0 atom stereocenters. The molecule has 0 saturated heterocycles. The summed E-state index contributed by atoms with van der Waals surface area (Å²) >= 11 is 0. The maximum Gasteiger partial charge on any atom is 0.132 e. The van der Waals surface area contributed by atoms with Gasteiger partial charge in [-0.15, -0.1) is 26.3 Å². The molecule has 0 radical (unpaired) electrons. The quantitative estimate of drug-likeness (QED) is 0.0363. The van der Waals surface area contributed by atoms with Crippen LogP contribution in [0.4, 0.5) is 0 Å². The average molecular weight is 697 g/mol. The maximum atomic E-state index is 6.40. The molecule has 5 aromatic rings. The number of benzene rings is 3. The first-order valence-corrected chi connectivity index (χ1v) is 18.6. The minimum atomic E-state index is 0.564. The number of nitrogens with zero attached hydrogens (tertiary/aromatic N) is 2. The predicted octanol–water partition coefficient (Wildman–Crippen LogP) is 12.3. The van der Waals surface area contributed by atoms with E-state index >= 15 is 0 Å². The Labute approximate surface area is 309 Å². The van der Waals surface area contributed by atoms with Crippen molar-refractivity contribution in [1.82, 2.24) is 9.97 Å². The maximum absolute atomic E-state index is 6.40. The van der Waals surface area contributed by atoms with E-state index in [2.05, 4.69) is 50.6 Å². The van der Waals surface area contributed by atoms with Gasteiger partial charge in [-0.1, -0.05) is 60.7 Å². The van der Waals surface area contributed by atoms with E-state index < -0.39 is 0 Å². The van der Waals surface area contributed by atoms with Gasteiger partial charge in [0, 0.05) is 10.8 Å². The van der Waals surface area contributed by atoms with Gasteiger partial charge >= 0.3 is 0 Å². The summed E-state index contributed by atoms with van der Waals surface area (Å²) in [6, 6.07) is 24.4. The second kappa shape index (κ2) is 20.5. The highest BCUT2D eigenvalue weighted by Gasteiger charge is 2.19. The first kappa shape index (κ1) is 37.9. The zero-order valence-corrected chi connectivity index (χ0v) is 30.5. The molecule has 270 valence electrons. The van der Waals surface area contributed by atoms with Gasteiger partial charge in [-0.2, -0.15) is 0 Å². The number of fused-ring (bicyclic) bond motifs is 3. The van der Waals surface area contributed by atoms with Crippen molar-refractivity contribution < 1.29 is 18.9 Å². The lowest BCUT2D eigenvalue weighted by molar-refractivity contribution is 0.294. The number of aromatic nitrogens is 2. The Morgan fingerprint density at radius 3 is 1.10 bits per heavy atom. The minimum Gasteiger partial charge on any atom is -0.493 e. The van der Waals surface area contributed by atoms with Gasteiger partial charge in [-0.05, 0) is 101 Å². The van der Waals surface area contributed by atoms with E-state index in [9.17, 15) is 0 Å². The molecule has 0 fully saturated rings. The number of hydrogen-bond acceptors (Lipinski definition) is 6. The van der Waals surface area contributed by atoms with Crippen LogP contribution in [0.25, 0.3) is 44.3 Å². The third-order valence-electron chi connectivity index (χ3n) is 8.75. The molecule has 5 rings (SSSR count). The second-order valence-electron chi connectivity index (χ2n) is 12.7. The summed E-state index contributed by atoms with van der Waals surface area (Å²) in [5.74, 6) is 2.98. The summed E-state index contributed by atoms with van der Waals surface area (Å²) in [6.45, 7) is 17.7. The fourth-order valence-corrected chi connectivity index (χ4v) is 6.02. The molecule has 3 aromatic carbocycles. The Balaban J connectivity index is 1.58. The van der Waals surface area contributed by atoms with Crippen molar-refractivity contribution in [3.63, 3.8) is 0 Å². The number of rotatable bonds is 24. The van der Waals surface area contributed by atoms with Crippen LogP contribution in [0.1, 0.15) is 64.2 Å². The van der Waals surface area contributed by atoms with E-state index in [1.165, 1.54) is 0 Å². The van der Waals surface area contributed by atoms with Gasteiger partial charge in [0.1, 0.15) is 23.0 Å². The van der Waals surface area contributed by atoms with Gasteiger partial charge in [0.05, 0.1) is 60.0 Å². The van der Waals surface area contributed by atoms with E-state index in [1.54, 1.807) is 0 Å². The fraction of sp³-hybridized carbons (Fsp3) is 0.304. The van der Waals surface area contributed by atoms with Crippen molar-refractivity contribution in [2.45, 2.75) is 64.2 Å². The van der Waals surface area contributed by atoms with Gasteiger partial charge in [0.2, 0.25) is 0 Å². The first-order chi connectivity index (χ1) is 25.7. The SMILES string of the molecule is C=CCCCCOc1cccc(OCCCCC=C)c1-c1ccc2ccc3ccc(-c4c(OCCCC=C)cccc4OCCCC=C)nc3c2n1. The van der Waals surface area contributed by atoms with Crippen molar-refractivity contribution in [2.24, 2.45) is 0 Å². The van der Waals surface area contributed by atoms with Crippen LogP contribution in [-0.2, 0) is 0 Å². The molecule has 0 spiro atoms. The smallest absolute Gasteiger partial charge is 0.132 e. The van der Waals surface area contributed by atoms with Gasteiger partial charge in [-0.3, -0.25) is 0 Å². The van der Waals surface area contributed by atoms with Crippen LogP contribution in [0.2, 0.25) is 0 Å². The summed E-state index contributed by atoms with van der Waals surface area (Å²) in [6.07, 6.45) is 17.1. The van der Waals surface area contributed by atoms with Gasteiger partial charge in [0.25, 0.3) is 0 Å². The molecule has 2 heterocycles. The fourth-order valence-electron chi connectivity index (χ4n) is 6.02. The van der Waals surface area contributed by atoms with Gasteiger partial charge in [-0.25, -0.2) is 9.97 Å². The predicted molar refractivity (Wildman–Crippen MR) is 217 cm³/mol. The highest BCUT2D eigenvalue weighted by molar-refractivity contribution is 6.04. The summed E-state index contributed by atoms with van der Waals surface area (Å²) in [7, 11) is 0. The molecule has 0 N–H and O–H groups in total. The van der Waals surface area contributed by atoms with Crippen molar-refractivity contribution in [3.05, 3.63) is 123 Å². The van der Waals surface area contributed by atoms with E-state index in [0.29, 0.717) is 26.4 Å². The van der Waals surface area contributed by atoms with Crippen molar-refractivity contribution in [2.75, 3.05) is 26.4 Å². The molecule has 0 amide bonds. The Bertz CT molecular complexity index is 1880. The van der Waals surface area contributed by atoms with Crippen LogP contribution in [0.5, 0.6) is 23.0 Å². The number of unbranched alkanes of at least 4 members (excludes halogenated alkanes) is 6. The van der Waals surface area contributed by atoms with Crippen LogP contribution >= 0.6 is 0 Å². The molecular weight excluding hydrogens is 645 g/mol. The van der Waals surface area contributed by atoms with Crippen LogP contribution in [-0.4, -0.2) is 36.4 Å². The lowest BCUT2D eigenvalue weighted by atomic mass is 10.0. The third-order valence-corrected chi connectivity index (χ3v) is 8.75. The number of allylic oxidation sites excluding steroid dienone is 4. The normalized spacial score (nSPS) is 10.9. The zero-order valence-electron chi connectivity index (χ0n) is 30.5. The Kier molecular flexibility index (Phi) is 14.9. The molecule has 0 unspecified atom stereocenters. The molecular formula is C46H52N2O4. The summed E-state index contributed by atoms with van der Waals surface area (Å²) in [5, 5.41) is 1.98. The van der Waals surface area contributed by atoms with Crippen molar-refractivity contribution >= 4 is 21.8 Å². The van der Waals surface area contributed by atoms with Crippen LogP contribution in [0, 0.1) is 0 Å². The lowest BCUT2D eigenvalue weighted by Gasteiger charge is -2.17. The molecule has 0 aliphatic rings. The largest absolute Gasteiger partial charge is 0.493 e. The highest BCUT2D eigenvalue weighted by Crippen LogP contribution is 2.41. The highest BCUT2D eigenvalue weighted by atomic mass is 16.5. The average Bonchev–Trinajstić information content (AvgIpc) is 3.17. The first-order valence-electron chi connectivity index (χ1n) is 18.6. The Hall–Kier alpha value is -5.36. The Morgan fingerprint density at radius 2 is 0.731 bits per heavy atom.